The first-order valence-corrected chi connectivity index (χ1v) is 5.50. The van der Waals surface area contributed by atoms with Gasteiger partial charge in [-0.15, -0.1) is 0 Å². The zero-order valence-electron chi connectivity index (χ0n) is 8.78. The van der Waals surface area contributed by atoms with Crippen molar-refractivity contribution in [1.82, 2.24) is 4.42 Å². The summed E-state index contributed by atoms with van der Waals surface area (Å²) in [6.45, 7) is 1.40. The molecule has 2 rings (SSSR count). The number of methoxy groups -OCH3 is 1. The van der Waals surface area contributed by atoms with E-state index in [0.717, 1.165) is 25.2 Å². The van der Waals surface area contributed by atoms with Gasteiger partial charge in [-0.1, -0.05) is 0 Å². The molecule has 1 fully saturated rings. The highest BCUT2D eigenvalue weighted by atomic mass is 35.5. The number of halogens is 1. The van der Waals surface area contributed by atoms with E-state index in [9.17, 15) is 0 Å². The maximum Gasteiger partial charge on any atom is 0.223 e. The van der Waals surface area contributed by atoms with Crippen LogP contribution in [0.4, 0.5) is 0 Å². The number of rotatable bonds is 2. The first-order chi connectivity index (χ1) is 7.31. The van der Waals surface area contributed by atoms with Crippen LogP contribution in [-0.2, 0) is 9.47 Å². The van der Waals surface area contributed by atoms with Gasteiger partial charge in [-0.3, -0.25) is 4.99 Å². The average Bonchev–Trinajstić information content (AvgIpc) is 2.30. The predicted molar refractivity (Wildman–Crippen MR) is 58.7 cm³/mol. The molecular weight excluding hydrogens is 216 g/mol. The summed E-state index contributed by atoms with van der Waals surface area (Å²) in [5, 5.41) is 0. The molecule has 0 bridgehead atoms. The lowest BCUT2D eigenvalue weighted by atomic mass is 10.0. The highest BCUT2D eigenvalue weighted by Crippen LogP contribution is 2.20. The molecule has 0 amide bonds. The Bertz CT molecular complexity index is 285. The summed E-state index contributed by atoms with van der Waals surface area (Å²) < 4.78 is 12.2. The summed E-state index contributed by atoms with van der Waals surface area (Å²) in [7, 11) is 1.58. The molecule has 0 aromatic rings. The van der Waals surface area contributed by atoms with Crippen molar-refractivity contribution in [1.29, 1.82) is 0 Å². The molecule has 15 heavy (non-hydrogen) atoms. The van der Waals surface area contributed by atoms with Crippen LogP contribution >= 0.6 is 11.8 Å². The third-order valence-electron chi connectivity index (χ3n) is 2.64. The molecule has 0 N–H and O–H groups in total. The molecular formula is C10H15ClN2O2. The summed E-state index contributed by atoms with van der Waals surface area (Å²) in [5.74, 6) is 0.580. The molecule has 4 nitrogen and oxygen atoms in total. The van der Waals surface area contributed by atoms with Crippen LogP contribution in [0, 0.1) is 0 Å². The van der Waals surface area contributed by atoms with Crippen LogP contribution in [0.5, 0.6) is 0 Å². The topological polar surface area (TPSA) is 34.1 Å². The van der Waals surface area contributed by atoms with Crippen LogP contribution in [0.3, 0.4) is 0 Å². The van der Waals surface area contributed by atoms with Crippen molar-refractivity contribution in [2.24, 2.45) is 4.99 Å². The van der Waals surface area contributed by atoms with Crippen LogP contribution < -0.4 is 0 Å². The molecule has 2 aliphatic heterocycles. The molecule has 0 spiro atoms. The number of aliphatic imine (C=N–C) groups is 1. The fraction of sp³-hybridized carbons (Fsp3) is 0.700. The van der Waals surface area contributed by atoms with Gasteiger partial charge in [0.1, 0.15) is 0 Å². The second-order valence-electron chi connectivity index (χ2n) is 3.67. The largest absolute Gasteiger partial charge is 0.480 e. The first-order valence-electron chi connectivity index (χ1n) is 5.17. The van der Waals surface area contributed by atoms with E-state index in [-0.39, 0.29) is 6.10 Å². The lowest BCUT2D eigenvalue weighted by Gasteiger charge is -2.28. The van der Waals surface area contributed by atoms with Gasteiger partial charge in [-0.05, 0) is 19.3 Å². The highest BCUT2D eigenvalue weighted by molar-refractivity contribution is 6.16. The molecule has 0 aliphatic carbocycles. The Kier molecular flexibility index (Phi) is 3.49. The Hall–Kier alpha value is -0.740. The van der Waals surface area contributed by atoms with Crippen molar-refractivity contribution in [2.75, 3.05) is 20.3 Å². The van der Waals surface area contributed by atoms with E-state index in [1.54, 1.807) is 13.3 Å². The molecule has 2 aliphatic rings. The van der Waals surface area contributed by atoms with Crippen LogP contribution in [-0.4, -0.2) is 36.5 Å². The van der Waals surface area contributed by atoms with E-state index in [1.165, 1.54) is 10.8 Å². The zero-order chi connectivity index (χ0) is 10.7. The van der Waals surface area contributed by atoms with Crippen molar-refractivity contribution in [3.05, 3.63) is 12.1 Å². The Morgan fingerprint density at radius 3 is 3.07 bits per heavy atom. The lowest BCUT2D eigenvalue weighted by molar-refractivity contribution is 0.0564. The third kappa shape index (κ3) is 2.44. The molecule has 0 radical (unpaired) electrons. The second kappa shape index (κ2) is 4.86. The first kappa shape index (κ1) is 10.8. The number of hydrogen-bond donors (Lipinski definition) is 0. The second-order valence-corrected chi connectivity index (χ2v) is 4.08. The molecule has 5 heteroatoms. The summed E-state index contributed by atoms with van der Waals surface area (Å²) in [6, 6.07) is 0. The summed E-state index contributed by atoms with van der Waals surface area (Å²) in [6.07, 6.45) is 5.17. The van der Waals surface area contributed by atoms with Crippen LogP contribution in [0.15, 0.2) is 17.1 Å². The predicted octanol–water partition coefficient (Wildman–Crippen LogP) is 1.91. The van der Waals surface area contributed by atoms with Gasteiger partial charge in [-0.2, -0.15) is 0 Å². The normalized spacial score (nSPS) is 27.1. The summed E-state index contributed by atoms with van der Waals surface area (Å²) >= 11 is 6.00. The van der Waals surface area contributed by atoms with Gasteiger partial charge in [0.15, 0.2) is 0 Å². The van der Waals surface area contributed by atoms with Crippen molar-refractivity contribution in [3.63, 3.8) is 0 Å². The Morgan fingerprint density at radius 1 is 1.60 bits per heavy atom. The van der Waals surface area contributed by atoms with E-state index < -0.39 is 0 Å². The van der Waals surface area contributed by atoms with Gasteiger partial charge in [0.2, 0.25) is 5.88 Å². The molecule has 1 saturated heterocycles. The van der Waals surface area contributed by atoms with E-state index >= 15 is 0 Å². The van der Waals surface area contributed by atoms with E-state index in [4.69, 9.17) is 21.3 Å². The highest BCUT2D eigenvalue weighted by Gasteiger charge is 2.24. The average molecular weight is 231 g/mol. The van der Waals surface area contributed by atoms with Gasteiger partial charge in [0.25, 0.3) is 0 Å². The van der Waals surface area contributed by atoms with E-state index in [1.807, 2.05) is 0 Å². The SMILES string of the molecule is COC1=CN=C(C2CCCCO2)CN1Cl. The minimum Gasteiger partial charge on any atom is -0.480 e. The van der Waals surface area contributed by atoms with Crippen molar-refractivity contribution in [3.8, 4) is 0 Å². The Balaban J connectivity index is 2.04. The van der Waals surface area contributed by atoms with Crippen molar-refractivity contribution in [2.45, 2.75) is 25.4 Å². The van der Waals surface area contributed by atoms with Crippen LogP contribution in [0.2, 0.25) is 0 Å². The lowest BCUT2D eigenvalue weighted by Crippen LogP contribution is -2.36. The fourth-order valence-corrected chi connectivity index (χ4v) is 2.04. The zero-order valence-corrected chi connectivity index (χ0v) is 9.54. The number of nitrogens with zero attached hydrogens (tertiary/aromatic N) is 2. The molecule has 0 aromatic heterocycles. The number of ether oxygens (including phenoxy) is 2. The fourth-order valence-electron chi connectivity index (χ4n) is 1.80. The van der Waals surface area contributed by atoms with E-state index in [0.29, 0.717) is 12.4 Å². The molecule has 1 unspecified atom stereocenters. The van der Waals surface area contributed by atoms with Gasteiger partial charge in [0, 0.05) is 18.4 Å². The van der Waals surface area contributed by atoms with Gasteiger partial charge < -0.3 is 9.47 Å². The maximum atomic E-state index is 6.00. The molecule has 1 atom stereocenters. The van der Waals surface area contributed by atoms with Crippen LogP contribution in [0.1, 0.15) is 19.3 Å². The smallest absolute Gasteiger partial charge is 0.223 e. The molecule has 0 saturated carbocycles. The molecule has 84 valence electrons. The van der Waals surface area contributed by atoms with Crippen LogP contribution in [0.25, 0.3) is 0 Å². The van der Waals surface area contributed by atoms with Gasteiger partial charge in [-0.25, -0.2) is 4.42 Å². The van der Waals surface area contributed by atoms with Gasteiger partial charge >= 0.3 is 0 Å². The Labute approximate surface area is 94.6 Å². The van der Waals surface area contributed by atoms with Crippen molar-refractivity contribution < 1.29 is 9.47 Å². The molecule has 0 aromatic carbocycles. The maximum absolute atomic E-state index is 6.00. The summed E-state index contributed by atoms with van der Waals surface area (Å²) in [4.78, 5) is 4.33. The van der Waals surface area contributed by atoms with E-state index in [2.05, 4.69) is 4.99 Å². The minimum absolute atomic E-state index is 0.134. The third-order valence-corrected chi connectivity index (χ3v) is 2.93. The Morgan fingerprint density at radius 2 is 2.47 bits per heavy atom. The monoisotopic (exact) mass is 230 g/mol. The quantitative estimate of drug-likeness (QED) is 0.680. The number of hydrogen-bond acceptors (Lipinski definition) is 4. The summed E-state index contributed by atoms with van der Waals surface area (Å²) in [5.41, 5.74) is 0.991. The van der Waals surface area contributed by atoms with Crippen molar-refractivity contribution >= 4 is 17.5 Å². The minimum atomic E-state index is 0.134. The van der Waals surface area contributed by atoms with Gasteiger partial charge in [0.05, 0.1) is 31.7 Å². The molecule has 2 heterocycles. The standard InChI is InChI=1S/C10H15ClN2O2/c1-14-10-6-12-8(7-13(10)11)9-4-2-3-5-15-9/h6,9H,2-5,7H2,1H3.